The lowest BCUT2D eigenvalue weighted by molar-refractivity contribution is -0.174. The molecule has 0 amide bonds. The molecule has 0 aromatic rings. The van der Waals surface area contributed by atoms with Gasteiger partial charge in [0, 0.05) is 18.3 Å². The summed E-state index contributed by atoms with van der Waals surface area (Å²) in [6, 6.07) is 0. The predicted molar refractivity (Wildman–Crippen MR) is 45.0 cm³/mol. The number of hydrogen-bond acceptors (Lipinski definition) is 3. The van der Waals surface area contributed by atoms with E-state index in [0.29, 0.717) is 13.2 Å². The van der Waals surface area contributed by atoms with E-state index < -0.39 is 5.79 Å². The summed E-state index contributed by atoms with van der Waals surface area (Å²) < 4.78 is 11.3. The van der Waals surface area contributed by atoms with Crippen molar-refractivity contribution in [3.8, 4) is 0 Å². The monoisotopic (exact) mass is 180 g/mol. The fourth-order valence-corrected chi connectivity index (χ4v) is 2.74. The van der Waals surface area contributed by atoms with Crippen LogP contribution in [0.25, 0.3) is 0 Å². The number of hydrogen-bond donors (Lipinski definition) is 0. The summed E-state index contributed by atoms with van der Waals surface area (Å²) in [5.74, 6) is 0.134. The Kier molecular flexibility index (Phi) is 1.44. The molecule has 0 unspecified atom stereocenters. The number of allylic oxidation sites excluding steroid dienone is 1. The second-order valence-electron chi connectivity index (χ2n) is 3.94. The van der Waals surface area contributed by atoms with Gasteiger partial charge in [-0.2, -0.15) is 0 Å². The topological polar surface area (TPSA) is 35.5 Å². The number of ether oxygens (including phenoxy) is 2. The maximum atomic E-state index is 11.4. The van der Waals surface area contributed by atoms with Crippen molar-refractivity contribution >= 4 is 5.78 Å². The molecule has 0 aromatic carbocycles. The summed E-state index contributed by atoms with van der Waals surface area (Å²) in [5.41, 5.74) is 0. The van der Waals surface area contributed by atoms with Gasteiger partial charge in [0.05, 0.1) is 13.2 Å². The molecule has 0 aromatic heterocycles. The molecule has 2 fully saturated rings. The molecule has 3 heteroatoms. The molecular weight excluding hydrogens is 168 g/mol. The van der Waals surface area contributed by atoms with Gasteiger partial charge in [-0.05, 0) is 12.5 Å². The zero-order valence-corrected chi connectivity index (χ0v) is 7.36. The molecular formula is C10H12O3. The second-order valence-corrected chi connectivity index (χ2v) is 3.94. The quantitative estimate of drug-likeness (QED) is 0.555. The van der Waals surface area contributed by atoms with E-state index in [1.807, 2.05) is 6.08 Å². The fraction of sp³-hybridized carbons (Fsp3) is 0.700. The zero-order valence-electron chi connectivity index (χ0n) is 7.36. The van der Waals surface area contributed by atoms with Crippen molar-refractivity contribution in [3.63, 3.8) is 0 Å². The molecule has 3 rings (SSSR count). The maximum absolute atomic E-state index is 11.4. The van der Waals surface area contributed by atoms with E-state index >= 15 is 0 Å². The van der Waals surface area contributed by atoms with Gasteiger partial charge in [0.15, 0.2) is 11.6 Å². The molecule has 3 aliphatic rings. The molecule has 1 saturated heterocycles. The lowest BCUT2D eigenvalue weighted by Crippen LogP contribution is -2.34. The van der Waals surface area contributed by atoms with Crippen molar-refractivity contribution in [1.82, 2.24) is 0 Å². The Labute approximate surface area is 76.7 Å². The van der Waals surface area contributed by atoms with E-state index in [4.69, 9.17) is 9.47 Å². The average Bonchev–Trinajstić information content (AvgIpc) is 2.76. The van der Waals surface area contributed by atoms with Gasteiger partial charge < -0.3 is 9.47 Å². The molecule has 1 aliphatic heterocycles. The molecule has 1 spiro atoms. The van der Waals surface area contributed by atoms with E-state index in [-0.39, 0.29) is 17.6 Å². The van der Waals surface area contributed by atoms with Crippen LogP contribution in [-0.4, -0.2) is 24.8 Å². The van der Waals surface area contributed by atoms with Crippen LogP contribution < -0.4 is 0 Å². The molecule has 1 heterocycles. The van der Waals surface area contributed by atoms with Crippen LogP contribution in [0.1, 0.15) is 12.8 Å². The molecule has 0 bridgehead atoms. The smallest absolute Gasteiger partial charge is 0.175 e. The van der Waals surface area contributed by atoms with Crippen molar-refractivity contribution < 1.29 is 14.3 Å². The van der Waals surface area contributed by atoms with Crippen molar-refractivity contribution in [2.75, 3.05) is 13.2 Å². The predicted octanol–water partition coefficient (Wildman–Crippen LogP) is 0.895. The summed E-state index contributed by atoms with van der Waals surface area (Å²) in [4.78, 5) is 11.4. The Morgan fingerprint density at radius 3 is 2.92 bits per heavy atom. The molecule has 3 nitrogen and oxygen atoms in total. The van der Waals surface area contributed by atoms with E-state index in [1.165, 1.54) is 0 Å². The SMILES string of the molecule is O=C1C=C[C@@H]2[C@H]1CCC21OCCO1. The minimum Gasteiger partial charge on any atom is -0.347 e. The highest BCUT2D eigenvalue weighted by molar-refractivity contribution is 5.95. The van der Waals surface area contributed by atoms with Crippen molar-refractivity contribution in [3.05, 3.63) is 12.2 Å². The van der Waals surface area contributed by atoms with E-state index in [9.17, 15) is 4.79 Å². The third-order valence-electron chi connectivity index (χ3n) is 3.35. The highest BCUT2D eigenvalue weighted by Gasteiger charge is 2.55. The highest BCUT2D eigenvalue weighted by atomic mass is 16.7. The number of fused-ring (bicyclic) bond motifs is 2. The van der Waals surface area contributed by atoms with Crippen LogP contribution in [0.15, 0.2) is 12.2 Å². The van der Waals surface area contributed by atoms with Gasteiger partial charge in [0.1, 0.15) is 0 Å². The fourth-order valence-electron chi connectivity index (χ4n) is 2.74. The van der Waals surface area contributed by atoms with Crippen LogP contribution in [-0.2, 0) is 14.3 Å². The van der Waals surface area contributed by atoms with Crippen LogP contribution in [0.4, 0.5) is 0 Å². The first-order valence-corrected chi connectivity index (χ1v) is 4.82. The summed E-state index contributed by atoms with van der Waals surface area (Å²) >= 11 is 0. The van der Waals surface area contributed by atoms with Gasteiger partial charge in [-0.25, -0.2) is 0 Å². The van der Waals surface area contributed by atoms with Gasteiger partial charge in [0.25, 0.3) is 0 Å². The first-order chi connectivity index (χ1) is 6.32. The third kappa shape index (κ3) is 0.888. The first-order valence-electron chi connectivity index (χ1n) is 4.82. The standard InChI is InChI=1S/C10H12O3/c11-9-2-1-8-7(9)3-4-10(8)12-5-6-13-10/h1-2,7-8H,3-6H2/t7-,8-/m1/s1. The minimum atomic E-state index is -0.437. The molecule has 13 heavy (non-hydrogen) atoms. The largest absolute Gasteiger partial charge is 0.347 e. The van der Waals surface area contributed by atoms with Gasteiger partial charge in [-0.15, -0.1) is 0 Å². The van der Waals surface area contributed by atoms with Crippen molar-refractivity contribution in [2.45, 2.75) is 18.6 Å². The third-order valence-corrected chi connectivity index (χ3v) is 3.35. The lowest BCUT2D eigenvalue weighted by Gasteiger charge is -2.27. The molecule has 1 saturated carbocycles. The molecule has 70 valence electrons. The van der Waals surface area contributed by atoms with E-state index in [0.717, 1.165) is 12.8 Å². The van der Waals surface area contributed by atoms with E-state index in [2.05, 4.69) is 0 Å². The second kappa shape index (κ2) is 2.42. The highest BCUT2D eigenvalue weighted by Crippen LogP contribution is 2.49. The minimum absolute atomic E-state index is 0.137. The number of carbonyl (C=O) groups excluding carboxylic acids is 1. The van der Waals surface area contributed by atoms with Crippen LogP contribution in [0.2, 0.25) is 0 Å². The number of carbonyl (C=O) groups is 1. The van der Waals surface area contributed by atoms with Gasteiger partial charge >= 0.3 is 0 Å². The normalized spacial score (nSPS) is 40.5. The zero-order chi connectivity index (χ0) is 8.89. The Bertz CT molecular complexity index is 276. The molecule has 0 N–H and O–H groups in total. The molecule has 2 atom stereocenters. The molecule has 2 aliphatic carbocycles. The van der Waals surface area contributed by atoms with Crippen LogP contribution in [0, 0.1) is 11.8 Å². The van der Waals surface area contributed by atoms with Gasteiger partial charge in [0.2, 0.25) is 0 Å². The lowest BCUT2D eigenvalue weighted by atomic mass is 9.96. The Hall–Kier alpha value is -0.670. The van der Waals surface area contributed by atoms with Crippen molar-refractivity contribution in [2.24, 2.45) is 11.8 Å². The Balaban J connectivity index is 1.94. The van der Waals surface area contributed by atoms with Gasteiger partial charge in [-0.1, -0.05) is 6.08 Å². The van der Waals surface area contributed by atoms with Gasteiger partial charge in [-0.3, -0.25) is 4.79 Å². The van der Waals surface area contributed by atoms with Crippen LogP contribution in [0.3, 0.4) is 0 Å². The summed E-state index contributed by atoms with van der Waals surface area (Å²) in [5, 5.41) is 0. The number of ketones is 1. The first kappa shape index (κ1) is 7.71. The Morgan fingerprint density at radius 2 is 2.15 bits per heavy atom. The number of rotatable bonds is 0. The van der Waals surface area contributed by atoms with E-state index in [1.54, 1.807) is 6.08 Å². The maximum Gasteiger partial charge on any atom is 0.175 e. The van der Waals surface area contributed by atoms with Crippen LogP contribution in [0.5, 0.6) is 0 Å². The summed E-state index contributed by atoms with van der Waals surface area (Å²) in [6.45, 7) is 1.34. The summed E-state index contributed by atoms with van der Waals surface area (Å²) in [7, 11) is 0. The average molecular weight is 180 g/mol. The van der Waals surface area contributed by atoms with Crippen LogP contribution >= 0.6 is 0 Å². The molecule has 0 radical (unpaired) electrons. The summed E-state index contributed by atoms with van der Waals surface area (Å²) in [6.07, 6.45) is 5.43. The van der Waals surface area contributed by atoms with Crippen molar-refractivity contribution in [1.29, 1.82) is 0 Å². The Morgan fingerprint density at radius 1 is 1.38 bits per heavy atom.